The Balaban J connectivity index is 3.26. The molecule has 244 valence electrons. The first-order valence-electron chi connectivity index (χ1n) is 18.9. The fraction of sp³-hybridized carbons (Fsp3) is 0.947. The number of unbranched alkanes of at least 4 members (excludes halogenated alkanes) is 30. The lowest BCUT2D eigenvalue weighted by molar-refractivity contribution is -0.159. The Morgan fingerprint density at radius 1 is 0.293 bits per heavy atom. The van der Waals surface area contributed by atoms with E-state index in [1.807, 2.05) is 0 Å². The number of hydrogen-bond donors (Lipinski definition) is 0. The molecule has 41 heavy (non-hydrogen) atoms. The van der Waals surface area contributed by atoms with Gasteiger partial charge in [0.25, 0.3) is 0 Å². The van der Waals surface area contributed by atoms with Gasteiger partial charge in [0, 0.05) is 12.8 Å². The van der Waals surface area contributed by atoms with Gasteiger partial charge in [-0.05, 0) is 12.8 Å². The average Bonchev–Trinajstić information content (AvgIpc) is 2.96. The largest absolute Gasteiger partial charge is 0.393 e. The summed E-state index contributed by atoms with van der Waals surface area (Å²) >= 11 is 0. The maximum atomic E-state index is 11.9. The predicted molar refractivity (Wildman–Crippen MR) is 179 cm³/mol. The van der Waals surface area contributed by atoms with Crippen LogP contribution in [0, 0.1) is 0 Å². The van der Waals surface area contributed by atoms with Crippen molar-refractivity contribution < 1.29 is 14.3 Å². The Morgan fingerprint density at radius 2 is 0.463 bits per heavy atom. The van der Waals surface area contributed by atoms with E-state index in [2.05, 4.69) is 13.8 Å². The van der Waals surface area contributed by atoms with Crippen molar-refractivity contribution in [3.8, 4) is 0 Å². The van der Waals surface area contributed by atoms with Crippen LogP contribution in [0.15, 0.2) is 0 Å². The minimum atomic E-state index is -0.323. The zero-order valence-corrected chi connectivity index (χ0v) is 28.3. The maximum absolute atomic E-state index is 11.9. The highest BCUT2D eigenvalue weighted by Gasteiger charge is 2.10. The van der Waals surface area contributed by atoms with Crippen LogP contribution in [0.1, 0.15) is 232 Å². The van der Waals surface area contributed by atoms with Crippen LogP contribution in [-0.4, -0.2) is 11.9 Å². The first-order chi connectivity index (χ1) is 20.2. The minimum absolute atomic E-state index is 0.323. The maximum Gasteiger partial charge on any atom is 0.313 e. The number of esters is 2. The molecule has 0 aromatic rings. The van der Waals surface area contributed by atoms with E-state index in [-0.39, 0.29) is 11.9 Å². The van der Waals surface area contributed by atoms with Gasteiger partial charge in [-0.3, -0.25) is 9.59 Å². The van der Waals surface area contributed by atoms with E-state index >= 15 is 0 Å². The molecule has 0 N–H and O–H groups in total. The third-order valence-corrected chi connectivity index (χ3v) is 8.70. The molecule has 0 aromatic heterocycles. The minimum Gasteiger partial charge on any atom is -0.393 e. The third-order valence-electron chi connectivity index (χ3n) is 8.70. The highest BCUT2D eigenvalue weighted by atomic mass is 16.6. The van der Waals surface area contributed by atoms with Crippen molar-refractivity contribution in [1.29, 1.82) is 0 Å². The van der Waals surface area contributed by atoms with Crippen molar-refractivity contribution in [2.45, 2.75) is 232 Å². The highest BCUT2D eigenvalue weighted by molar-refractivity contribution is 5.85. The molecule has 0 rings (SSSR count). The molecule has 0 aliphatic carbocycles. The van der Waals surface area contributed by atoms with Crippen LogP contribution in [-0.2, 0) is 14.3 Å². The van der Waals surface area contributed by atoms with E-state index in [1.165, 1.54) is 180 Å². The zero-order chi connectivity index (χ0) is 29.9. The molecule has 0 atom stereocenters. The van der Waals surface area contributed by atoms with Gasteiger partial charge in [0.15, 0.2) is 0 Å². The zero-order valence-electron chi connectivity index (χ0n) is 28.3. The van der Waals surface area contributed by atoms with Crippen LogP contribution in [0.5, 0.6) is 0 Å². The smallest absolute Gasteiger partial charge is 0.313 e. The van der Waals surface area contributed by atoms with Crippen LogP contribution >= 0.6 is 0 Å². The van der Waals surface area contributed by atoms with E-state index in [9.17, 15) is 9.59 Å². The molecule has 0 amide bonds. The molecular weight excluding hydrogens is 504 g/mol. The summed E-state index contributed by atoms with van der Waals surface area (Å²) in [7, 11) is 0. The van der Waals surface area contributed by atoms with Gasteiger partial charge in [0.1, 0.15) is 0 Å². The van der Waals surface area contributed by atoms with Crippen molar-refractivity contribution in [3.63, 3.8) is 0 Å². The van der Waals surface area contributed by atoms with E-state index < -0.39 is 0 Å². The summed E-state index contributed by atoms with van der Waals surface area (Å²) < 4.78 is 5.02. The Labute approximate surface area is 258 Å². The van der Waals surface area contributed by atoms with E-state index in [4.69, 9.17) is 4.74 Å². The Morgan fingerprint density at radius 3 is 0.659 bits per heavy atom. The SMILES string of the molecule is CCCCCCCCCCCCCCCCCCCCCC(=O)OC(=O)CCCCCCCCCCCCCCC. The lowest BCUT2D eigenvalue weighted by Crippen LogP contribution is -2.11. The quantitative estimate of drug-likeness (QED) is 0.0433. The number of ether oxygens (including phenoxy) is 1. The molecule has 0 aromatic carbocycles. The monoisotopic (exact) mass is 579 g/mol. The van der Waals surface area contributed by atoms with E-state index in [1.54, 1.807) is 0 Å². The van der Waals surface area contributed by atoms with E-state index in [0.717, 1.165) is 25.7 Å². The van der Waals surface area contributed by atoms with Gasteiger partial charge in [-0.25, -0.2) is 0 Å². The first-order valence-corrected chi connectivity index (χ1v) is 18.9. The van der Waals surface area contributed by atoms with Crippen LogP contribution in [0.3, 0.4) is 0 Å². The molecule has 0 heterocycles. The second-order valence-electron chi connectivity index (χ2n) is 13.0. The Kier molecular flexibility index (Phi) is 34.6. The topological polar surface area (TPSA) is 43.4 Å². The third kappa shape index (κ3) is 35.2. The number of carbonyl (C=O) groups is 2. The van der Waals surface area contributed by atoms with E-state index in [0.29, 0.717) is 12.8 Å². The molecule has 0 aliphatic heterocycles. The summed E-state index contributed by atoms with van der Waals surface area (Å²) in [5.41, 5.74) is 0. The summed E-state index contributed by atoms with van der Waals surface area (Å²) in [6.07, 6.45) is 43.1. The molecule has 0 saturated heterocycles. The molecule has 0 spiro atoms. The fourth-order valence-electron chi connectivity index (χ4n) is 5.86. The van der Waals surface area contributed by atoms with Gasteiger partial charge in [-0.2, -0.15) is 0 Å². The molecule has 3 heteroatoms. The van der Waals surface area contributed by atoms with Crippen LogP contribution in [0.2, 0.25) is 0 Å². The number of carbonyl (C=O) groups excluding carboxylic acids is 2. The van der Waals surface area contributed by atoms with Gasteiger partial charge in [0.2, 0.25) is 0 Å². The molecule has 3 nitrogen and oxygen atoms in total. The summed E-state index contributed by atoms with van der Waals surface area (Å²) in [4.78, 5) is 23.8. The molecular formula is C38H74O3. The van der Waals surface area contributed by atoms with Crippen LogP contribution in [0.25, 0.3) is 0 Å². The molecule has 0 radical (unpaired) electrons. The average molecular weight is 579 g/mol. The molecule has 0 aliphatic rings. The highest BCUT2D eigenvalue weighted by Crippen LogP contribution is 2.16. The molecule has 0 bridgehead atoms. The summed E-state index contributed by atoms with van der Waals surface area (Å²) in [6.45, 7) is 4.56. The van der Waals surface area contributed by atoms with Gasteiger partial charge >= 0.3 is 11.9 Å². The molecule has 0 saturated carbocycles. The second-order valence-corrected chi connectivity index (χ2v) is 13.0. The van der Waals surface area contributed by atoms with Crippen molar-refractivity contribution in [1.82, 2.24) is 0 Å². The van der Waals surface area contributed by atoms with Crippen molar-refractivity contribution in [3.05, 3.63) is 0 Å². The second kappa shape index (κ2) is 35.3. The molecule has 0 fully saturated rings. The fourth-order valence-corrected chi connectivity index (χ4v) is 5.86. The molecule has 0 unspecified atom stereocenters. The normalized spacial score (nSPS) is 11.3. The first kappa shape index (κ1) is 40.1. The number of rotatable bonds is 34. The van der Waals surface area contributed by atoms with Crippen molar-refractivity contribution >= 4 is 11.9 Å². The lowest BCUT2D eigenvalue weighted by atomic mass is 10.0. The summed E-state index contributed by atoms with van der Waals surface area (Å²) in [6, 6.07) is 0. The number of hydrogen-bond acceptors (Lipinski definition) is 3. The lowest BCUT2D eigenvalue weighted by Gasteiger charge is -2.05. The Hall–Kier alpha value is -0.860. The summed E-state index contributed by atoms with van der Waals surface area (Å²) in [5.74, 6) is -0.646. The van der Waals surface area contributed by atoms with Gasteiger partial charge in [-0.1, -0.05) is 206 Å². The van der Waals surface area contributed by atoms with Crippen LogP contribution < -0.4 is 0 Å². The predicted octanol–water partition coefficient (Wildman–Crippen LogP) is 13.4. The van der Waals surface area contributed by atoms with Gasteiger partial charge in [-0.15, -0.1) is 0 Å². The van der Waals surface area contributed by atoms with Crippen molar-refractivity contribution in [2.75, 3.05) is 0 Å². The standard InChI is InChI=1S/C38H74O3/c1-3-5-7-9-11-13-15-17-18-19-20-21-22-24-26-28-30-32-34-36-38(40)41-37(39)35-33-31-29-27-25-23-16-14-12-10-8-6-4-2/h3-36H2,1-2H3. The van der Waals surface area contributed by atoms with Crippen molar-refractivity contribution in [2.24, 2.45) is 0 Å². The van der Waals surface area contributed by atoms with Gasteiger partial charge in [0.05, 0.1) is 0 Å². The Bertz CT molecular complexity index is 530. The van der Waals surface area contributed by atoms with Crippen LogP contribution in [0.4, 0.5) is 0 Å². The summed E-state index contributed by atoms with van der Waals surface area (Å²) in [5, 5.41) is 0. The van der Waals surface area contributed by atoms with Gasteiger partial charge < -0.3 is 4.74 Å².